The van der Waals surface area contributed by atoms with E-state index in [1.807, 2.05) is 25.3 Å². The summed E-state index contributed by atoms with van der Waals surface area (Å²) < 4.78 is 0. The predicted octanol–water partition coefficient (Wildman–Crippen LogP) is 5.24. The highest BCUT2D eigenvalue weighted by Crippen LogP contribution is 2.28. The molecule has 0 fully saturated rings. The molecule has 0 saturated carbocycles. The Balaban J connectivity index is 1.59. The Morgan fingerprint density at radius 3 is 2.43 bits per heavy atom. The second-order valence-corrected chi connectivity index (χ2v) is 7.77. The fraction of sp³-hybridized carbons (Fsp3) is 0.182. The van der Waals surface area contributed by atoms with Gasteiger partial charge in [-0.15, -0.1) is 11.3 Å². The number of thiazole rings is 1. The minimum absolute atomic E-state index is 0.205. The number of fused-ring (bicyclic) bond motifs is 1. The number of hydrogen-bond acceptors (Lipinski definition) is 5. The van der Waals surface area contributed by atoms with E-state index in [-0.39, 0.29) is 5.91 Å². The molecule has 0 spiro atoms. The van der Waals surface area contributed by atoms with E-state index >= 15 is 0 Å². The van der Waals surface area contributed by atoms with Gasteiger partial charge in [-0.05, 0) is 57.5 Å². The van der Waals surface area contributed by atoms with E-state index in [1.165, 1.54) is 16.9 Å². The van der Waals surface area contributed by atoms with Gasteiger partial charge in [-0.2, -0.15) is 0 Å². The van der Waals surface area contributed by atoms with Crippen LogP contribution in [-0.4, -0.2) is 20.9 Å². The molecule has 2 aromatic heterocycles. The van der Waals surface area contributed by atoms with Crippen LogP contribution in [0.2, 0.25) is 0 Å². The third kappa shape index (κ3) is 3.51. The highest BCUT2D eigenvalue weighted by Gasteiger charge is 2.13. The Kier molecular flexibility index (Phi) is 4.65. The van der Waals surface area contributed by atoms with Crippen molar-refractivity contribution in [2.75, 3.05) is 5.32 Å². The van der Waals surface area contributed by atoms with Gasteiger partial charge in [-0.3, -0.25) is 10.1 Å². The van der Waals surface area contributed by atoms with Crippen LogP contribution in [0, 0.1) is 27.7 Å². The molecule has 4 aromatic rings. The van der Waals surface area contributed by atoms with Crippen molar-refractivity contribution in [2.45, 2.75) is 27.7 Å². The van der Waals surface area contributed by atoms with Crippen molar-refractivity contribution in [1.82, 2.24) is 15.0 Å². The number of benzene rings is 2. The lowest BCUT2D eigenvalue weighted by Crippen LogP contribution is -2.12. The molecule has 6 heteroatoms. The van der Waals surface area contributed by atoms with Crippen molar-refractivity contribution in [3.05, 3.63) is 69.9 Å². The normalized spacial score (nSPS) is 11.0. The molecule has 0 aliphatic heterocycles. The maximum atomic E-state index is 12.7. The van der Waals surface area contributed by atoms with Gasteiger partial charge in [0.2, 0.25) is 0 Å². The number of aromatic nitrogens is 3. The topological polar surface area (TPSA) is 67.8 Å². The van der Waals surface area contributed by atoms with Gasteiger partial charge in [0.15, 0.2) is 5.13 Å². The Morgan fingerprint density at radius 1 is 0.893 bits per heavy atom. The molecule has 0 radical (unpaired) electrons. The molecule has 1 amide bonds. The second-order valence-electron chi connectivity index (χ2n) is 6.91. The molecular formula is C22H20N4OS. The Bertz CT molecular complexity index is 1210. The molecule has 28 heavy (non-hydrogen) atoms. The van der Waals surface area contributed by atoms with Gasteiger partial charge in [-0.1, -0.05) is 17.7 Å². The van der Waals surface area contributed by atoms with Crippen molar-refractivity contribution in [3.63, 3.8) is 0 Å². The fourth-order valence-corrected chi connectivity index (χ4v) is 3.71. The third-order valence-corrected chi connectivity index (χ3v) is 5.49. The van der Waals surface area contributed by atoms with Crippen LogP contribution in [0.3, 0.4) is 0 Å². The molecule has 5 nitrogen and oxygen atoms in total. The first-order valence-corrected chi connectivity index (χ1v) is 9.88. The van der Waals surface area contributed by atoms with E-state index < -0.39 is 0 Å². The highest BCUT2D eigenvalue weighted by molar-refractivity contribution is 7.14. The first-order valence-electron chi connectivity index (χ1n) is 9.00. The fourth-order valence-electron chi connectivity index (χ4n) is 3.01. The number of carbonyl (C=O) groups is 1. The summed E-state index contributed by atoms with van der Waals surface area (Å²) in [6.07, 6.45) is 0. The van der Waals surface area contributed by atoms with Crippen molar-refractivity contribution in [2.24, 2.45) is 0 Å². The zero-order valence-electron chi connectivity index (χ0n) is 16.2. The smallest absolute Gasteiger partial charge is 0.257 e. The number of nitrogens with zero attached hydrogens (tertiary/aromatic N) is 3. The molecule has 0 unspecified atom stereocenters. The maximum absolute atomic E-state index is 12.7. The molecule has 4 rings (SSSR count). The van der Waals surface area contributed by atoms with E-state index in [0.717, 1.165) is 33.7 Å². The van der Waals surface area contributed by atoms with Crippen LogP contribution >= 0.6 is 11.3 Å². The second kappa shape index (κ2) is 7.13. The van der Waals surface area contributed by atoms with Crippen LogP contribution in [0.1, 0.15) is 32.9 Å². The molecule has 2 aromatic carbocycles. The molecule has 140 valence electrons. The molecule has 0 atom stereocenters. The Morgan fingerprint density at radius 2 is 1.64 bits per heavy atom. The minimum atomic E-state index is -0.205. The van der Waals surface area contributed by atoms with Gasteiger partial charge < -0.3 is 0 Å². The predicted molar refractivity (Wildman–Crippen MR) is 114 cm³/mol. The number of aryl methyl sites for hydroxylation is 4. The van der Waals surface area contributed by atoms with Crippen LogP contribution in [0.5, 0.6) is 0 Å². The third-order valence-electron chi connectivity index (χ3n) is 4.73. The lowest BCUT2D eigenvalue weighted by atomic mass is 10.0. The average Bonchev–Trinajstić information content (AvgIpc) is 3.12. The van der Waals surface area contributed by atoms with E-state index in [0.29, 0.717) is 16.2 Å². The summed E-state index contributed by atoms with van der Waals surface area (Å²) in [7, 11) is 0. The number of amides is 1. The average molecular weight is 388 g/mol. The molecule has 2 heterocycles. The van der Waals surface area contributed by atoms with Gasteiger partial charge in [0.1, 0.15) is 0 Å². The summed E-state index contributed by atoms with van der Waals surface area (Å²) in [6.45, 7) is 7.97. The number of hydrogen-bond donors (Lipinski definition) is 1. The summed E-state index contributed by atoms with van der Waals surface area (Å²) in [5.74, 6) is -0.205. The van der Waals surface area contributed by atoms with Crippen molar-refractivity contribution in [1.29, 1.82) is 0 Å². The molecule has 0 saturated heterocycles. The molecule has 1 N–H and O–H groups in total. The van der Waals surface area contributed by atoms with Crippen LogP contribution in [-0.2, 0) is 0 Å². The quantitative estimate of drug-likeness (QED) is 0.521. The van der Waals surface area contributed by atoms with Crippen LogP contribution in [0.15, 0.2) is 41.8 Å². The van der Waals surface area contributed by atoms with E-state index in [4.69, 9.17) is 0 Å². The van der Waals surface area contributed by atoms with Gasteiger partial charge in [0.25, 0.3) is 5.91 Å². The Hall–Kier alpha value is -3.12. The molecular weight excluding hydrogens is 368 g/mol. The van der Waals surface area contributed by atoms with Crippen LogP contribution in [0.4, 0.5) is 5.13 Å². The lowest BCUT2D eigenvalue weighted by Gasteiger charge is -2.06. The van der Waals surface area contributed by atoms with Crippen molar-refractivity contribution < 1.29 is 4.79 Å². The number of anilines is 1. The van der Waals surface area contributed by atoms with Crippen LogP contribution < -0.4 is 5.32 Å². The maximum Gasteiger partial charge on any atom is 0.257 e. The number of rotatable bonds is 3. The number of nitrogens with one attached hydrogen (secondary N) is 1. The van der Waals surface area contributed by atoms with E-state index in [1.54, 1.807) is 12.1 Å². The van der Waals surface area contributed by atoms with E-state index in [9.17, 15) is 4.79 Å². The lowest BCUT2D eigenvalue weighted by molar-refractivity contribution is 0.102. The number of carbonyl (C=O) groups excluding carboxylic acids is 1. The molecule has 0 bridgehead atoms. The van der Waals surface area contributed by atoms with Gasteiger partial charge in [0.05, 0.1) is 28.1 Å². The summed E-state index contributed by atoms with van der Waals surface area (Å²) >= 11 is 1.42. The summed E-state index contributed by atoms with van der Waals surface area (Å²) in [5, 5.41) is 5.44. The minimum Gasteiger partial charge on any atom is -0.298 e. The Labute approximate surface area is 167 Å². The highest BCUT2D eigenvalue weighted by atomic mass is 32.1. The van der Waals surface area contributed by atoms with E-state index in [2.05, 4.69) is 52.3 Å². The van der Waals surface area contributed by atoms with Gasteiger partial charge >= 0.3 is 0 Å². The summed E-state index contributed by atoms with van der Waals surface area (Å²) in [4.78, 5) is 26.3. The summed E-state index contributed by atoms with van der Waals surface area (Å²) in [5.41, 5.74) is 8.09. The zero-order chi connectivity index (χ0) is 19.8. The largest absolute Gasteiger partial charge is 0.298 e. The molecule has 0 aliphatic rings. The monoisotopic (exact) mass is 388 g/mol. The first kappa shape index (κ1) is 18.3. The van der Waals surface area contributed by atoms with Crippen LogP contribution in [0.25, 0.3) is 22.3 Å². The van der Waals surface area contributed by atoms with Gasteiger partial charge in [-0.25, -0.2) is 15.0 Å². The SMILES string of the molecule is Cc1ccc(C)c(-c2csc(NC(=O)c3ccc4nc(C)c(C)nc4c3)n2)c1. The standard InChI is InChI=1S/C22H20N4OS/c1-12-5-6-13(2)17(9-12)20-11-28-22(25-20)26-21(27)16-7-8-18-19(10-16)24-15(4)14(3)23-18/h5-11H,1-4H3,(H,25,26,27). The van der Waals surface area contributed by atoms with Crippen molar-refractivity contribution >= 4 is 33.4 Å². The van der Waals surface area contributed by atoms with Crippen molar-refractivity contribution in [3.8, 4) is 11.3 Å². The van der Waals surface area contributed by atoms with Gasteiger partial charge in [0, 0.05) is 16.5 Å². The molecule has 0 aliphatic carbocycles. The first-order chi connectivity index (χ1) is 13.4. The zero-order valence-corrected chi connectivity index (χ0v) is 17.0. The summed E-state index contributed by atoms with van der Waals surface area (Å²) in [6, 6.07) is 11.6.